The molecule has 0 saturated carbocycles. The molecule has 0 amide bonds. The molecule has 0 heterocycles. The van der Waals surface area contributed by atoms with Crippen molar-refractivity contribution in [2.75, 3.05) is 6.61 Å². The zero-order chi connectivity index (χ0) is 15.6. The maximum atomic E-state index is 13.0. The lowest BCUT2D eigenvalue weighted by atomic mass is 9.64. The summed E-state index contributed by atoms with van der Waals surface area (Å²) in [5.74, 6) is -0.848. The van der Waals surface area contributed by atoms with Gasteiger partial charge in [0.05, 0.1) is 6.61 Å². The van der Waals surface area contributed by atoms with Crippen molar-refractivity contribution in [1.29, 1.82) is 0 Å². The number of esters is 1. The first-order chi connectivity index (χ1) is 9.97. The summed E-state index contributed by atoms with van der Waals surface area (Å²) in [6.45, 7) is 7.63. The number of benzene rings is 1. The summed E-state index contributed by atoms with van der Waals surface area (Å²) >= 11 is 3.42. The van der Waals surface area contributed by atoms with E-state index in [4.69, 9.17) is 4.74 Å². The molecule has 0 unspecified atom stereocenters. The van der Waals surface area contributed by atoms with Crippen LogP contribution < -0.4 is 0 Å². The van der Waals surface area contributed by atoms with Crippen LogP contribution in [0.2, 0.25) is 0 Å². The van der Waals surface area contributed by atoms with Crippen molar-refractivity contribution in [3.63, 3.8) is 0 Å². The Labute approximate surface area is 133 Å². The molecule has 2 atom stereocenters. The van der Waals surface area contributed by atoms with E-state index in [1.807, 2.05) is 19.1 Å². The van der Waals surface area contributed by atoms with Crippen LogP contribution in [-0.4, -0.2) is 18.4 Å². The van der Waals surface area contributed by atoms with Crippen molar-refractivity contribution in [2.24, 2.45) is 11.3 Å². The fourth-order valence-electron chi connectivity index (χ4n) is 2.95. The highest BCUT2D eigenvalue weighted by molar-refractivity contribution is 9.10. The molecule has 1 aliphatic carbocycles. The maximum Gasteiger partial charge on any atom is 0.320 e. The highest BCUT2D eigenvalue weighted by atomic mass is 79.9. The quantitative estimate of drug-likeness (QED) is 0.469. The summed E-state index contributed by atoms with van der Waals surface area (Å²) in [6.07, 6.45) is 2.80. The zero-order valence-corrected chi connectivity index (χ0v) is 13.9. The highest BCUT2D eigenvalue weighted by Gasteiger charge is 2.52. The van der Waals surface area contributed by atoms with Gasteiger partial charge in [0.1, 0.15) is 5.41 Å². The molecule has 2 rings (SSSR count). The van der Waals surface area contributed by atoms with Gasteiger partial charge in [0.15, 0.2) is 5.78 Å². The third-order valence-corrected chi connectivity index (χ3v) is 4.77. The topological polar surface area (TPSA) is 43.4 Å². The molecular formula is C17H19BrO3. The van der Waals surface area contributed by atoms with Gasteiger partial charge >= 0.3 is 5.97 Å². The summed E-state index contributed by atoms with van der Waals surface area (Å²) in [6, 6.07) is 5.56. The number of rotatable bonds is 4. The second-order valence-corrected chi connectivity index (χ2v) is 6.26. The molecule has 112 valence electrons. The summed E-state index contributed by atoms with van der Waals surface area (Å²) < 4.78 is 6.14. The number of carbonyl (C=O) groups is 2. The molecule has 4 heteroatoms. The molecule has 0 bridgehead atoms. The molecule has 0 aliphatic heterocycles. The molecule has 1 aliphatic rings. The molecule has 1 aromatic carbocycles. The molecular weight excluding hydrogens is 332 g/mol. The minimum atomic E-state index is -1.14. The first kappa shape index (κ1) is 16.0. The van der Waals surface area contributed by atoms with Crippen LogP contribution in [0.15, 0.2) is 35.3 Å². The standard InChI is InChI=1S/C17H19BrO3/c1-4-11(3)17(16(20)21-5-2)9-8-12-10-13(18)6-7-14(12)15(17)19/h4,6-7,10-11H,1,5,8-9H2,2-3H3/t11-,17-/m0/s1. The first-order valence-corrected chi connectivity index (χ1v) is 7.89. The fraction of sp³-hybridized carbons (Fsp3) is 0.412. The van der Waals surface area contributed by atoms with E-state index in [1.54, 1.807) is 19.1 Å². The minimum Gasteiger partial charge on any atom is -0.465 e. The lowest BCUT2D eigenvalue weighted by molar-refractivity contribution is -0.154. The minimum absolute atomic E-state index is 0.151. The Hall–Kier alpha value is -1.42. The number of ether oxygens (including phenoxy) is 1. The number of fused-ring (bicyclic) bond motifs is 1. The third kappa shape index (κ3) is 2.57. The van der Waals surface area contributed by atoms with Gasteiger partial charge < -0.3 is 4.74 Å². The summed E-state index contributed by atoms with van der Waals surface area (Å²) in [5, 5.41) is 0. The second kappa shape index (κ2) is 6.14. The van der Waals surface area contributed by atoms with Gasteiger partial charge in [-0.25, -0.2) is 0 Å². The van der Waals surface area contributed by atoms with Crippen LogP contribution >= 0.6 is 15.9 Å². The smallest absolute Gasteiger partial charge is 0.320 e. The molecule has 0 N–H and O–H groups in total. The fourth-order valence-corrected chi connectivity index (χ4v) is 3.36. The summed E-state index contributed by atoms with van der Waals surface area (Å²) in [5.41, 5.74) is 0.454. The van der Waals surface area contributed by atoms with Gasteiger partial charge in [-0.05, 0) is 49.4 Å². The van der Waals surface area contributed by atoms with E-state index in [2.05, 4.69) is 22.5 Å². The SMILES string of the molecule is C=C[C@H](C)[C@@]1(C(=O)OCC)CCc2cc(Br)ccc2C1=O. The van der Waals surface area contributed by atoms with Crippen LogP contribution in [0.4, 0.5) is 0 Å². The van der Waals surface area contributed by atoms with Crippen LogP contribution in [0.25, 0.3) is 0 Å². The average Bonchev–Trinajstić information content (AvgIpc) is 2.47. The Morgan fingerprint density at radius 3 is 2.90 bits per heavy atom. The van der Waals surface area contributed by atoms with Crippen molar-refractivity contribution in [3.05, 3.63) is 46.5 Å². The van der Waals surface area contributed by atoms with Gasteiger partial charge in [-0.2, -0.15) is 0 Å². The van der Waals surface area contributed by atoms with Crippen LogP contribution in [0, 0.1) is 11.3 Å². The lowest BCUT2D eigenvalue weighted by Crippen LogP contribution is -2.48. The van der Waals surface area contributed by atoms with E-state index in [0.717, 1.165) is 10.0 Å². The molecule has 21 heavy (non-hydrogen) atoms. The number of Topliss-reactive ketones (excluding diaryl/α,β-unsaturated/α-hetero) is 1. The Morgan fingerprint density at radius 1 is 1.57 bits per heavy atom. The Kier molecular flexibility index (Phi) is 4.67. The molecule has 0 fully saturated rings. The van der Waals surface area contributed by atoms with Gasteiger partial charge in [0.25, 0.3) is 0 Å². The summed E-state index contributed by atoms with van der Waals surface area (Å²) in [7, 11) is 0. The number of allylic oxidation sites excluding steroid dienone is 1. The number of hydrogen-bond donors (Lipinski definition) is 0. The van der Waals surface area contributed by atoms with Gasteiger partial charge in [-0.1, -0.05) is 28.9 Å². The van der Waals surface area contributed by atoms with Crippen LogP contribution in [0.1, 0.15) is 36.2 Å². The van der Waals surface area contributed by atoms with Crippen molar-refractivity contribution in [2.45, 2.75) is 26.7 Å². The van der Waals surface area contributed by atoms with Crippen molar-refractivity contribution < 1.29 is 14.3 Å². The van der Waals surface area contributed by atoms with E-state index >= 15 is 0 Å². The lowest BCUT2D eigenvalue weighted by Gasteiger charge is -2.37. The Bertz CT molecular complexity index is 594. The monoisotopic (exact) mass is 350 g/mol. The maximum absolute atomic E-state index is 13.0. The molecule has 0 radical (unpaired) electrons. The average molecular weight is 351 g/mol. The zero-order valence-electron chi connectivity index (χ0n) is 12.3. The van der Waals surface area contributed by atoms with Crippen LogP contribution in [0.5, 0.6) is 0 Å². The number of aryl methyl sites for hydroxylation is 1. The van der Waals surface area contributed by atoms with E-state index in [-0.39, 0.29) is 18.3 Å². The molecule has 1 aromatic rings. The van der Waals surface area contributed by atoms with E-state index in [9.17, 15) is 9.59 Å². The van der Waals surface area contributed by atoms with Crippen LogP contribution in [0.3, 0.4) is 0 Å². The second-order valence-electron chi connectivity index (χ2n) is 5.35. The van der Waals surface area contributed by atoms with Gasteiger partial charge in [-0.15, -0.1) is 6.58 Å². The number of carbonyl (C=O) groups excluding carboxylic acids is 2. The number of ketones is 1. The Morgan fingerprint density at radius 2 is 2.29 bits per heavy atom. The van der Waals surface area contributed by atoms with E-state index in [0.29, 0.717) is 18.4 Å². The predicted octanol–water partition coefficient (Wildman–Crippen LogP) is 3.95. The van der Waals surface area contributed by atoms with Gasteiger partial charge in [0.2, 0.25) is 0 Å². The van der Waals surface area contributed by atoms with E-state index in [1.165, 1.54) is 0 Å². The number of hydrogen-bond acceptors (Lipinski definition) is 3. The van der Waals surface area contributed by atoms with Crippen molar-refractivity contribution >= 4 is 27.7 Å². The van der Waals surface area contributed by atoms with Crippen molar-refractivity contribution in [3.8, 4) is 0 Å². The summed E-state index contributed by atoms with van der Waals surface area (Å²) in [4.78, 5) is 25.5. The normalized spacial score (nSPS) is 22.3. The first-order valence-electron chi connectivity index (χ1n) is 7.10. The molecule has 0 aromatic heterocycles. The highest BCUT2D eigenvalue weighted by Crippen LogP contribution is 2.43. The molecule has 3 nitrogen and oxygen atoms in total. The third-order valence-electron chi connectivity index (χ3n) is 4.28. The van der Waals surface area contributed by atoms with Crippen LogP contribution in [-0.2, 0) is 16.0 Å². The van der Waals surface area contributed by atoms with Crippen molar-refractivity contribution in [1.82, 2.24) is 0 Å². The van der Waals surface area contributed by atoms with Gasteiger partial charge in [-0.3, -0.25) is 9.59 Å². The molecule has 0 saturated heterocycles. The Balaban J connectivity index is 2.53. The largest absolute Gasteiger partial charge is 0.465 e. The molecule has 0 spiro atoms. The number of halogens is 1. The van der Waals surface area contributed by atoms with E-state index < -0.39 is 11.4 Å². The predicted molar refractivity (Wildman–Crippen MR) is 85.2 cm³/mol. The van der Waals surface area contributed by atoms with Gasteiger partial charge in [0, 0.05) is 10.0 Å².